The molecule has 94 valence electrons. The first-order valence-electron chi connectivity index (χ1n) is 6.31. The van der Waals surface area contributed by atoms with E-state index in [1.165, 1.54) is 11.1 Å². The van der Waals surface area contributed by atoms with Gasteiger partial charge in [0.15, 0.2) is 0 Å². The van der Waals surface area contributed by atoms with E-state index in [0.29, 0.717) is 0 Å². The summed E-state index contributed by atoms with van der Waals surface area (Å²) in [5.74, 6) is 0. The Morgan fingerprint density at radius 2 is 2.06 bits per heavy atom. The van der Waals surface area contributed by atoms with Crippen molar-refractivity contribution in [1.29, 1.82) is 0 Å². The Morgan fingerprint density at radius 3 is 2.78 bits per heavy atom. The number of nitrogens with zero attached hydrogens (tertiary/aromatic N) is 1. The maximum Gasteiger partial charge on any atom is 0.0810 e. The highest BCUT2D eigenvalue weighted by Crippen LogP contribution is 2.21. The summed E-state index contributed by atoms with van der Waals surface area (Å²) in [5, 5.41) is 10.2. The number of pyridine rings is 1. The molecule has 2 heteroatoms. The third-order valence-electron chi connectivity index (χ3n) is 3.23. The largest absolute Gasteiger partial charge is 0.388 e. The average molecular weight is 241 g/mol. The molecule has 1 aromatic carbocycles. The molecule has 1 aromatic heterocycles. The molecule has 0 aliphatic rings. The summed E-state index contributed by atoms with van der Waals surface area (Å²) in [6, 6.07) is 10.4. The predicted octanol–water partition coefficient (Wildman–Crippen LogP) is 3.36. The fraction of sp³-hybridized carbons (Fsp3) is 0.312. The van der Waals surface area contributed by atoms with Gasteiger partial charge in [-0.1, -0.05) is 29.8 Å². The lowest BCUT2D eigenvalue weighted by Crippen LogP contribution is -2.02. The highest BCUT2D eigenvalue weighted by molar-refractivity contribution is 5.25. The van der Waals surface area contributed by atoms with Crippen LogP contribution in [0.5, 0.6) is 0 Å². The second-order valence-corrected chi connectivity index (χ2v) is 4.78. The van der Waals surface area contributed by atoms with Crippen LogP contribution in [0.25, 0.3) is 0 Å². The Bertz CT molecular complexity index is 522. The van der Waals surface area contributed by atoms with Crippen molar-refractivity contribution in [2.24, 2.45) is 0 Å². The third-order valence-corrected chi connectivity index (χ3v) is 3.23. The maximum atomic E-state index is 10.2. The Morgan fingerprint density at radius 1 is 1.22 bits per heavy atom. The molecule has 2 aromatic rings. The number of aromatic nitrogens is 1. The number of benzene rings is 1. The molecule has 0 aliphatic carbocycles. The smallest absolute Gasteiger partial charge is 0.0810 e. The van der Waals surface area contributed by atoms with Crippen molar-refractivity contribution in [2.75, 3.05) is 0 Å². The fourth-order valence-electron chi connectivity index (χ4n) is 2.15. The molecule has 0 fully saturated rings. The minimum atomic E-state index is -0.431. The Kier molecular flexibility index (Phi) is 4.11. The van der Waals surface area contributed by atoms with Crippen LogP contribution in [-0.4, -0.2) is 10.1 Å². The van der Waals surface area contributed by atoms with Crippen molar-refractivity contribution < 1.29 is 5.11 Å². The van der Waals surface area contributed by atoms with E-state index in [0.717, 1.165) is 24.0 Å². The molecule has 18 heavy (non-hydrogen) atoms. The van der Waals surface area contributed by atoms with E-state index in [2.05, 4.69) is 36.2 Å². The molecule has 0 radical (unpaired) electrons. The molecule has 2 rings (SSSR count). The number of aliphatic hydroxyl groups is 1. The van der Waals surface area contributed by atoms with Gasteiger partial charge in [-0.2, -0.15) is 0 Å². The van der Waals surface area contributed by atoms with E-state index < -0.39 is 6.10 Å². The number of aryl methyl sites for hydroxylation is 3. The van der Waals surface area contributed by atoms with E-state index in [9.17, 15) is 5.11 Å². The van der Waals surface area contributed by atoms with Crippen LogP contribution in [0.1, 0.15) is 34.8 Å². The molecule has 1 N–H and O–H groups in total. The molecular formula is C16H19NO. The minimum absolute atomic E-state index is 0.431. The van der Waals surface area contributed by atoms with Crippen LogP contribution in [0.3, 0.4) is 0 Å². The summed E-state index contributed by atoms with van der Waals surface area (Å²) < 4.78 is 0. The van der Waals surface area contributed by atoms with E-state index >= 15 is 0 Å². The SMILES string of the molecule is Cc1cccc(CCC(O)c2cnccc2C)c1. The molecule has 0 saturated heterocycles. The van der Waals surface area contributed by atoms with Gasteiger partial charge in [-0.15, -0.1) is 0 Å². The zero-order valence-electron chi connectivity index (χ0n) is 10.9. The van der Waals surface area contributed by atoms with E-state index in [1.807, 2.05) is 13.0 Å². The van der Waals surface area contributed by atoms with Crippen molar-refractivity contribution in [2.45, 2.75) is 32.8 Å². The van der Waals surface area contributed by atoms with Gasteiger partial charge in [-0.3, -0.25) is 4.98 Å². The summed E-state index contributed by atoms with van der Waals surface area (Å²) in [6.45, 7) is 4.10. The summed E-state index contributed by atoms with van der Waals surface area (Å²) in [6.07, 6.45) is 4.70. The molecule has 0 spiro atoms. The molecule has 0 bridgehead atoms. The van der Waals surface area contributed by atoms with Gasteiger partial charge in [-0.25, -0.2) is 0 Å². The number of hydrogen-bond acceptors (Lipinski definition) is 2. The first kappa shape index (κ1) is 12.8. The Balaban J connectivity index is 2.00. The average Bonchev–Trinajstić information content (AvgIpc) is 2.37. The highest BCUT2D eigenvalue weighted by atomic mass is 16.3. The van der Waals surface area contributed by atoms with Crippen molar-refractivity contribution in [3.8, 4) is 0 Å². The Labute approximate surface area is 108 Å². The van der Waals surface area contributed by atoms with Crippen LogP contribution >= 0.6 is 0 Å². The lowest BCUT2D eigenvalue weighted by atomic mass is 9.99. The normalized spacial score (nSPS) is 12.4. The van der Waals surface area contributed by atoms with Crippen molar-refractivity contribution >= 4 is 0 Å². The summed E-state index contributed by atoms with van der Waals surface area (Å²) >= 11 is 0. The van der Waals surface area contributed by atoms with Crippen molar-refractivity contribution in [3.63, 3.8) is 0 Å². The molecule has 1 heterocycles. The van der Waals surface area contributed by atoms with Gasteiger partial charge in [0.1, 0.15) is 0 Å². The first-order valence-corrected chi connectivity index (χ1v) is 6.31. The molecule has 0 saturated carbocycles. The summed E-state index contributed by atoms with van der Waals surface area (Å²) in [4.78, 5) is 4.08. The molecule has 0 amide bonds. The van der Waals surface area contributed by atoms with Gasteiger partial charge in [0, 0.05) is 18.0 Å². The lowest BCUT2D eigenvalue weighted by molar-refractivity contribution is 0.166. The number of rotatable bonds is 4. The molecule has 1 unspecified atom stereocenters. The van der Waals surface area contributed by atoms with Gasteiger partial charge in [0.05, 0.1) is 6.10 Å². The predicted molar refractivity (Wildman–Crippen MR) is 73.4 cm³/mol. The molecule has 1 atom stereocenters. The number of aliphatic hydroxyl groups excluding tert-OH is 1. The first-order chi connectivity index (χ1) is 8.66. The van der Waals surface area contributed by atoms with Gasteiger partial charge in [-0.05, 0) is 43.9 Å². The molecule has 2 nitrogen and oxygen atoms in total. The lowest BCUT2D eigenvalue weighted by Gasteiger charge is -2.13. The van der Waals surface area contributed by atoms with Gasteiger partial charge in [0.25, 0.3) is 0 Å². The Hall–Kier alpha value is -1.67. The van der Waals surface area contributed by atoms with E-state index in [4.69, 9.17) is 0 Å². The van der Waals surface area contributed by atoms with Crippen LogP contribution < -0.4 is 0 Å². The topological polar surface area (TPSA) is 33.1 Å². The van der Waals surface area contributed by atoms with Crippen LogP contribution in [0.15, 0.2) is 42.7 Å². The van der Waals surface area contributed by atoms with Gasteiger partial charge >= 0.3 is 0 Å². The second-order valence-electron chi connectivity index (χ2n) is 4.78. The standard InChI is InChI=1S/C16H19NO/c1-12-4-3-5-14(10-12)6-7-16(18)15-11-17-9-8-13(15)2/h3-5,8-11,16,18H,6-7H2,1-2H3. The van der Waals surface area contributed by atoms with Gasteiger partial charge in [0.2, 0.25) is 0 Å². The monoisotopic (exact) mass is 241 g/mol. The van der Waals surface area contributed by atoms with Gasteiger partial charge < -0.3 is 5.11 Å². The summed E-state index contributed by atoms with van der Waals surface area (Å²) in [7, 11) is 0. The number of hydrogen-bond donors (Lipinski definition) is 1. The van der Waals surface area contributed by atoms with Crippen LogP contribution in [0.2, 0.25) is 0 Å². The second kappa shape index (κ2) is 5.78. The van der Waals surface area contributed by atoms with E-state index in [-0.39, 0.29) is 0 Å². The molecule has 0 aliphatic heterocycles. The van der Waals surface area contributed by atoms with Crippen molar-refractivity contribution in [1.82, 2.24) is 4.98 Å². The van der Waals surface area contributed by atoms with E-state index in [1.54, 1.807) is 12.4 Å². The summed E-state index contributed by atoms with van der Waals surface area (Å²) in [5.41, 5.74) is 4.57. The zero-order valence-corrected chi connectivity index (χ0v) is 10.9. The highest BCUT2D eigenvalue weighted by Gasteiger charge is 2.10. The minimum Gasteiger partial charge on any atom is -0.388 e. The van der Waals surface area contributed by atoms with Crippen molar-refractivity contribution in [3.05, 3.63) is 65.0 Å². The van der Waals surface area contributed by atoms with Crippen LogP contribution in [-0.2, 0) is 6.42 Å². The van der Waals surface area contributed by atoms with Crippen LogP contribution in [0, 0.1) is 13.8 Å². The quantitative estimate of drug-likeness (QED) is 0.890. The maximum absolute atomic E-state index is 10.2. The zero-order chi connectivity index (χ0) is 13.0. The van der Waals surface area contributed by atoms with Crippen LogP contribution in [0.4, 0.5) is 0 Å². The third kappa shape index (κ3) is 3.17. The molecular weight excluding hydrogens is 222 g/mol. The fourth-order valence-corrected chi connectivity index (χ4v) is 2.15.